The molecule has 0 bridgehead atoms. The second-order valence-corrected chi connectivity index (χ2v) is 8.27. The van der Waals surface area contributed by atoms with E-state index in [0.717, 1.165) is 32.2 Å². The van der Waals surface area contributed by atoms with Crippen molar-refractivity contribution in [3.05, 3.63) is 95.6 Å². The summed E-state index contributed by atoms with van der Waals surface area (Å²) >= 11 is 1.58. The van der Waals surface area contributed by atoms with E-state index in [2.05, 4.69) is 10.3 Å². The molecule has 2 heterocycles. The Balaban J connectivity index is 1.46. The largest absolute Gasteiger partial charge is 0.497 e. The Kier molecular flexibility index (Phi) is 5.39. The molecular formula is C25H20N4O2S. The number of nitrogens with zero attached hydrogens (tertiary/aromatic N) is 3. The highest BCUT2D eigenvalue weighted by Crippen LogP contribution is 2.26. The van der Waals surface area contributed by atoms with Crippen LogP contribution in [0.15, 0.2) is 85.1 Å². The first kappa shape index (κ1) is 20.0. The Morgan fingerprint density at radius 3 is 2.50 bits per heavy atom. The predicted octanol–water partition coefficient (Wildman–Crippen LogP) is 5.09. The molecule has 5 aromatic rings. The van der Waals surface area contributed by atoms with Crippen LogP contribution >= 0.6 is 11.3 Å². The van der Waals surface area contributed by atoms with E-state index in [0.29, 0.717) is 17.8 Å². The average Bonchev–Trinajstić information content (AvgIpc) is 3.48. The van der Waals surface area contributed by atoms with Crippen LogP contribution < -0.4 is 10.1 Å². The molecule has 0 fully saturated rings. The van der Waals surface area contributed by atoms with Gasteiger partial charge in [0, 0.05) is 11.8 Å². The molecule has 1 N–H and O–H groups in total. The fourth-order valence-corrected chi connectivity index (χ4v) is 4.37. The van der Waals surface area contributed by atoms with Crippen molar-refractivity contribution in [1.82, 2.24) is 20.1 Å². The quantitative estimate of drug-likeness (QED) is 0.399. The van der Waals surface area contributed by atoms with Crippen LogP contribution in [0.5, 0.6) is 5.75 Å². The van der Waals surface area contributed by atoms with Gasteiger partial charge >= 0.3 is 0 Å². The van der Waals surface area contributed by atoms with Gasteiger partial charge < -0.3 is 10.1 Å². The number of ether oxygens (including phenoxy) is 1. The summed E-state index contributed by atoms with van der Waals surface area (Å²) in [6.07, 6.45) is 1.77. The lowest BCUT2D eigenvalue weighted by atomic mass is 10.1. The summed E-state index contributed by atoms with van der Waals surface area (Å²) in [5, 5.41) is 8.59. The first-order valence-corrected chi connectivity index (χ1v) is 10.9. The lowest BCUT2D eigenvalue weighted by molar-refractivity contribution is 0.0951. The van der Waals surface area contributed by atoms with Gasteiger partial charge in [0.15, 0.2) is 0 Å². The molecule has 1 amide bonds. The van der Waals surface area contributed by atoms with Crippen molar-refractivity contribution >= 4 is 27.5 Å². The monoisotopic (exact) mass is 440 g/mol. The minimum atomic E-state index is -0.197. The van der Waals surface area contributed by atoms with E-state index in [1.54, 1.807) is 29.3 Å². The van der Waals surface area contributed by atoms with E-state index >= 15 is 0 Å². The van der Waals surface area contributed by atoms with Crippen LogP contribution in [0, 0.1) is 0 Å². The minimum Gasteiger partial charge on any atom is -0.497 e. The van der Waals surface area contributed by atoms with E-state index in [1.165, 1.54) is 0 Å². The van der Waals surface area contributed by atoms with Gasteiger partial charge in [0.2, 0.25) is 0 Å². The van der Waals surface area contributed by atoms with Crippen LogP contribution in [0.25, 0.3) is 27.2 Å². The van der Waals surface area contributed by atoms with Gasteiger partial charge in [-0.1, -0.05) is 30.3 Å². The zero-order valence-electron chi connectivity index (χ0n) is 17.4. The fraction of sp³-hybridized carbons (Fsp3) is 0.0800. The summed E-state index contributed by atoms with van der Waals surface area (Å²) in [6.45, 7) is 0.358. The van der Waals surface area contributed by atoms with Gasteiger partial charge in [0.25, 0.3) is 5.91 Å². The maximum absolute atomic E-state index is 13.2. The van der Waals surface area contributed by atoms with Crippen molar-refractivity contribution in [2.24, 2.45) is 0 Å². The second kappa shape index (κ2) is 8.64. The zero-order valence-corrected chi connectivity index (χ0v) is 18.2. The summed E-state index contributed by atoms with van der Waals surface area (Å²) in [5.74, 6) is 0.551. The Bertz CT molecular complexity index is 1340. The van der Waals surface area contributed by atoms with E-state index in [9.17, 15) is 4.79 Å². The molecule has 0 saturated heterocycles. The van der Waals surface area contributed by atoms with Crippen LogP contribution in [-0.2, 0) is 6.54 Å². The highest BCUT2D eigenvalue weighted by atomic mass is 32.1. The molecule has 0 aliphatic rings. The molecule has 6 nitrogen and oxygen atoms in total. The summed E-state index contributed by atoms with van der Waals surface area (Å²) in [5.41, 5.74) is 3.77. The third kappa shape index (κ3) is 3.98. The number of hydrogen-bond donors (Lipinski definition) is 1. The summed E-state index contributed by atoms with van der Waals surface area (Å²) < 4.78 is 8.09. The fourth-order valence-electron chi connectivity index (χ4n) is 3.46. The Labute approximate surface area is 189 Å². The van der Waals surface area contributed by atoms with E-state index in [1.807, 2.05) is 78.9 Å². The number of aromatic nitrogens is 3. The van der Waals surface area contributed by atoms with Gasteiger partial charge in [-0.3, -0.25) is 4.79 Å². The molecule has 3 aromatic carbocycles. The van der Waals surface area contributed by atoms with Gasteiger partial charge in [0.05, 0.1) is 35.1 Å². The predicted molar refractivity (Wildman–Crippen MR) is 126 cm³/mol. The molecule has 0 unspecified atom stereocenters. The molecule has 0 atom stereocenters. The molecule has 7 heteroatoms. The minimum absolute atomic E-state index is 0.197. The number of carbonyl (C=O) groups excluding carboxylic acids is 1. The number of nitrogens with one attached hydrogen (secondary N) is 1. The number of benzene rings is 3. The number of methoxy groups -OCH3 is 1. The lowest BCUT2D eigenvalue weighted by Crippen LogP contribution is -2.22. The van der Waals surface area contributed by atoms with Gasteiger partial charge in [-0.2, -0.15) is 5.10 Å². The number of hydrogen-bond acceptors (Lipinski definition) is 5. The topological polar surface area (TPSA) is 69.0 Å². The number of para-hydroxylation sites is 2. The first-order chi connectivity index (χ1) is 15.7. The van der Waals surface area contributed by atoms with Gasteiger partial charge in [-0.05, 0) is 48.5 Å². The lowest BCUT2D eigenvalue weighted by Gasteiger charge is -2.05. The summed E-state index contributed by atoms with van der Waals surface area (Å²) in [6, 6.07) is 25.2. The number of thiazole rings is 1. The molecule has 0 aliphatic heterocycles. The molecular weight excluding hydrogens is 420 g/mol. The summed E-state index contributed by atoms with van der Waals surface area (Å²) in [4.78, 5) is 17.8. The maximum atomic E-state index is 13.2. The molecule has 0 aliphatic carbocycles. The Hall–Kier alpha value is -3.97. The normalized spacial score (nSPS) is 10.9. The summed E-state index contributed by atoms with van der Waals surface area (Å²) in [7, 11) is 1.63. The molecule has 0 saturated carbocycles. The maximum Gasteiger partial charge on any atom is 0.255 e. The first-order valence-electron chi connectivity index (χ1n) is 10.1. The SMILES string of the molecule is COc1ccc(-c2nn(-c3ccccc3)cc2C(=O)NCc2nc3ccccc3s2)cc1. The van der Waals surface area contributed by atoms with Crippen molar-refractivity contribution < 1.29 is 9.53 Å². The van der Waals surface area contributed by atoms with Gasteiger partial charge in [-0.15, -0.1) is 11.3 Å². The van der Waals surface area contributed by atoms with Crippen LogP contribution in [0.2, 0.25) is 0 Å². The molecule has 0 spiro atoms. The zero-order chi connectivity index (χ0) is 21.9. The smallest absolute Gasteiger partial charge is 0.255 e. The van der Waals surface area contributed by atoms with E-state index in [-0.39, 0.29) is 5.91 Å². The molecule has 5 rings (SSSR count). The van der Waals surface area contributed by atoms with E-state index in [4.69, 9.17) is 9.84 Å². The van der Waals surface area contributed by atoms with Gasteiger partial charge in [0.1, 0.15) is 16.5 Å². The van der Waals surface area contributed by atoms with Crippen LogP contribution in [0.3, 0.4) is 0 Å². The van der Waals surface area contributed by atoms with Gasteiger partial charge in [-0.25, -0.2) is 9.67 Å². The van der Waals surface area contributed by atoms with Crippen molar-refractivity contribution in [3.63, 3.8) is 0 Å². The number of carbonyl (C=O) groups is 1. The second-order valence-electron chi connectivity index (χ2n) is 7.16. The molecule has 158 valence electrons. The van der Waals surface area contributed by atoms with Crippen LogP contribution in [-0.4, -0.2) is 27.8 Å². The Morgan fingerprint density at radius 1 is 1.00 bits per heavy atom. The van der Waals surface area contributed by atoms with Crippen LogP contribution in [0.1, 0.15) is 15.4 Å². The van der Waals surface area contributed by atoms with Crippen molar-refractivity contribution in [1.29, 1.82) is 0 Å². The number of rotatable bonds is 6. The highest BCUT2D eigenvalue weighted by molar-refractivity contribution is 7.18. The van der Waals surface area contributed by atoms with Crippen LogP contribution in [0.4, 0.5) is 0 Å². The molecule has 0 radical (unpaired) electrons. The van der Waals surface area contributed by atoms with Crippen molar-refractivity contribution in [2.75, 3.05) is 7.11 Å². The third-order valence-corrected chi connectivity index (χ3v) is 6.12. The molecule has 32 heavy (non-hydrogen) atoms. The number of amides is 1. The average molecular weight is 441 g/mol. The molecule has 2 aromatic heterocycles. The van der Waals surface area contributed by atoms with Crippen molar-refractivity contribution in [2.45, 2.75) is 6.54 Å². The highest BCUT2D eigenvalue weighted by Gasteiger charge is 2.19. The number of fused-ring (bicyclic) bond motifs is 1. The Morgan fingerprint density at radius 2 is 1.75 bits per heavy atom. The standard InChI is InChI=1S/C25H20N4O2S/c1-31-19-13-11-17(12-14-19)24-20(16-29(28-24)18-7-3-2-4-8-18)25(30)26-15-23-27-21-9-5-6-10-22(21)32-23/h2-14,16H,15H2,1H3,(H,26,30). The third-order valence-electron chi connectivity index (χ3n) is 5.08. The van der Waals surface area contributed by atoms with E-state index < -0.39 is 0 Å². The van der Waals surface area contributed by atoms with Crippen molar-refractivity contribution in [3.8, 4) is 22.7 Å².